The van der Waals surface area contributed by atoms with E-state index in [1.165, 1.54) is 0 Å². The van der Waals surface area contributed by atoms with Gasteiger partial charge < -0.3 is 27.7 Å². The Labute approximate surface area is 74.4 Å². The molecule has 0 spiro atoms. The van der Waals surface area contributed by atoms with E-state index in [-0.39, 0.29) is 23.8 Å². The molecule has 0 amide bonds. The summed E-state index contributed by atoms with van der Waals surface area (Å²) in [4.78, 5) is 0. The van der Waals surface area contributed by atoms with E-state index in [0.717, 1.165) is 0 Å². The fraction of sp³-hybridized carbons (Fsp3) is 1.00. The Hall–Kier alpha value is 0.230. The maximum Gasteiger partial charge on any atom is 0.122 e. The molecule has 1 aliphatic heterocycles. The van der Waals surface area contributed by atoms with Crippen molar-refractivity contribution in [3.05, 3.63) is 0 Å². The summed E-state index contributed by atoms with van der Waals surface area (Å²) in [6.45, 7) is 0.381. The van der Waals surface area contributed by atoms with E-state index in [4.69, 9.17) is 27.7 Å². The zero-order valence-electron chi connectivity index (χ0n) is 6.89. The van der Waals surface area contributed by atoms with Crippen LogP contribution in [0.3, 0.4) is 0 Å². The summed E-state index contributed by atoms with van der Waals surface area (Å²) in [5, 5.41) is 0. The van der Waals surface area contributed by atoms with Crippen LogP contribution in [0.1, 0.15) is 0 Å². The molecule has 0 aromatic rings. The third-order valence-electron chi connectivity index (χ3n) is 2.26. The molecule has 72 valence electrons. The molecule has 0 aromatic carbocycles. The number of nitrogens with two attached hydrogens (primary N) is 4. The molecule has 6 heteroatoms. The molecule has 1 fully saturated rings. The molecule has 0 aliphatic carbocycles. The number of rotatable bonds is 1. The number of hydrogen-bond donors (Lipinski definition) is 4. The van der Waals surface area contributed by atoms with Crippen molar-refractivity contribution in [2.75, 3.05) is 6.54 Å². The highest BCUT2D eigenvalue weighted by molar-refractivity contribution is 7.17. The van der Waals surface area contributed by atoms with Crippen molar-refractivity contribution in [1.29, 1.82) is 0 Å². The highest BCUT2D eigenvalue weighted by atomic mass is 31.0. The summed E-state index contributed by atoms with van der Waals surface area (Å²) in [5.41, 5.74) is 22.7. The van der Waals surface area contributed by atoms with Gasteiger partial charge in [-0.05, 0) is 0 Å². The van der Waals surface area contributed by atoms with Gasteiger partial charge in [0.25, 0.3) is 0 Å². The van der Waals surface area contributed by atoms with Crippen molar-refractivity contribution < 1.29 is 4.74 Å². The van der Waals surface area contributed by atoms with Crippen LogP contribution in [0.15, 0.2) is 0 Å². The third kappa shape index (κ3) is 1.76. The molecular formula is C6H17N4OP. The maximum atomic E-state index is 5.82. The standard InChI is InChI=1S/C6H17N4OP/c7-1-2-3(8)5(12)4(9)6(10)11-2/h2-6H,1,7-10,12H2. The lowest BCUT2D eigenvalue weighted by Gasteiger charge is -2.41. The Morgan fingerprint density at radius 2 is 1.75 bits per heavy atom. The van der Waals surface area contributed by atoms with E-state index in [1.54, 1.807) is 0 Å². The molecule has 0 radical (unpaired) electrons. The molecule has 5 nitrogen and oxygen atoms in total. The summed E-state index contributed by atoms with van der Waals surface area (Å²) in [5.74, 6) is 0. The van der Waals surface area contributed by atoms with Gasteiger partial charge in [-0.1, -0.05) is 0 Å². The Balaban J connectivity index is 2.63. The van der Waals surface area contributed by atoms with Gasteiger partial charge in [0.2, 0.25) is 0 Å². The average molecular weight is 192 g/mol. The second-order valence-corrected chi connectivity index (χ2v) is 3.88. The van der Waals surface area contributed by atoms with Gasteiger partial charge in [0, 0.05) is 18.2 Å². The van der Waals surface area contributed by atoms with E-state index >= 15 is 0 Å². The summed E-state index contributed by atoms with van der Waals surface area (Å²) >= 11 is 0. The molecule has 0 saturated carbocycles. The SMILES string of the molecule is NCC1OC(N)C(N)C(P)C1N. The molecule has 6 unspecified atom stereocenters. The lowest BCUT2D eigenvalue weighted by Crippen LogP contribution is -2.65. The predicted octanol–water partition coefficient (Wildman–Crippen LogP) is -2.47. The van der Waals surface area contributed by atoms with Crippen molar-refractivity contribution in [3.63, 3.8) is 0 Å². The maximum absolute atomic E-state index is 5.82. The monoisotopic (exact) mass is 192 g/mol. The smallest absolute Gasteiger partial charge is 0.122 e. The van der Waals surface area contributed by atoms with Crippen LogP contribution in [0.4, 0.5) is 0 Å². The minimum atomic E-state index is -0.458. The van der Waals surface area contributed by atoms with Gasteiger partial charge in [-0.2, -0.15) is 0 Å². The Kier molecular flexibility index (Phi) is 3.40. The summed E-state index contributed by atoms with van der Waals surface area (Å²) in [6.07, 6.45) is -0.636. The second kappa shape index (κ2) is 3.96. The van der Waals surface area contributed by atoms with Crippen LogP contribution >= 0.6 is 9.24 Å². The van der Waals surface area contributed by atoms with Gasteiger partial charge >= 0.3 is 0 Å². The highest BCUT2D eigenvalue weighted by Gasteiger charge is 2.37. The molecule has 1 rings (SSSR count). The summed E-state index contributed by atoms with van der Waals surface area (Å²) in [6, 6.07) is -0.373. The summed E-state index contributed by atoms with van der Waals surface area (Å²) in [7, 11) is 2.60. The molecular weight excluding hydrogens is 175 g/mol. The molecule has 8 N–H and O–H groups in total. The van der Waals surface area contributed by atoms with Crippen molar-refractivity contribution in [2.24, 2.45) is 22.9 Å². The van der Waals surface area contributed by atoms with Gasteiger partial charge in [-0.3, -0.25) is 0 Å². The van der Waals surface area contributed by atoms with Crippen LogP contribution in [-0.4, -0.2) is 36.6 Å². The largest absolute Gasteiger partial charge is 0.356 e. The van der Waals surface area contributed by atoms with Crippen LogP contribution in [0, 0.1) is 0 Å². The lowest BCUT2D eigenvalue weighted by atomic mass is 9.98. The van der Waals surface area contributed by atoms with E-state index < -0.39 is 6.23 Å². The molecule has 0 aromatic heterocycles. The Bertz CT molecular complexity index is 154. The van der Waals surface area contributed by atoms with Gasteiger partial charge in [0.15, 0.2) is 0 Å². The van der Waals surface area contributed by atoms with Gasteiger partial charge in [0.1, 0.15) is 6.23 Å². The van der Waals surface area contributed by atoms with Crippen LogP contribution in [0.25, 0.3) is 0 Å². The van der Waals surface area contributed by atoms with E-state index in [0.29, 0.717) is 6.54 Å². The van der Waals surface area contributed by atoms with Crippen molar-refractivity contribution >= 4 is 9.24 Å². The highest BCUT2D eigenvalue weighted by Crippen LogP contribution is 2.21. The fourth-order valence-corrected chi connectivity index (χ4v) is 1.79. The van der Waals surface area contributed by atoms with Crippen LogP contribution < -0.4 is 22.9 Å². The summed E-state index contributed by atoms with van der Waals surface area (Å²) < 4.78 is 5.32. The van der Waals surface area contributed by atoms with Gasteiger partial charge in [-0.25, -0.2) is 0 Å². The Morgan fingerprint density at radius 1 is 1.17 bits per heavy atom. The molecule has 1 heterocycles. The molecule has 6 atom stereocenters. The predicted molar refractivity (Wildman–Crippen MR) is 51.4 cm³/mol. The quantitative estimate of drug-likeness (QED) is 0.344. The minimum absolute atomic E-state index is 0.0716. The number of ether oxygens (including phenoxy) is 1. The van der Waals surface area contributed by atoms with Gasteiger partial charge in [-0.15, -0.1) is 9.24 Å². The molecule has 1 saturated heterocycles. The average Bonchev–Trinajstić information content (AvgIpc) is 2.08. The molecule has 0 bridgehead atoms. The van der Waals surface area contributed by atoms with Crippen molar-refractivity contribution in [3.8, 4) is 0 Å². The van der Waals surface area contributed by atoms with Gasteiger partial charge in [0.05, 0.1) is 12.1 Å². The topological polar surface area (TPSA) is 113 Å². The zero-order valence-corrected chi connectivity index (χ0v) is 8.04. The minimum Gasteiger partial charge on any atom is -0.356 e. The Morgan fingerprint density at radius 3 is 2.25 bits per heavy atom. The third-order valence-corrected chi connectivity index (χ3v) is 3.15. The van der Waals surface area contributed by atoms with E-state index in [1.807, 2.05) is 0 Å². The fourth-order valence-electron chi connectivity index (χ4n) is 1.32. The van der Waals surface area contributed by atoms with Crippen molar-refractivity contribution in [1.82, 2.24) is 0 Å². The second-order valence-electron chi connectivity index (χ2n) is 3.11. The molecule has 1 aliphatic rings. The van der Waals surface area contributed by atoms with Crippen LogP contribution in [-0.2, 0) is 4.74 Å². The molecule has 12 heavy (non-hydrogen) atoms. The number of hydrogen-bond acceptors (Lipinski definition) is 5. The first-order chi connectivity index (χ1) is 5.57. The first-order valence-electron chi connectivity index (χ1n) is 3.95. The first kappa shape index (κ1) is 10.3. The van der Waals surface area contributed by atoms with E-state index in [2.05, 4.69) is 9.24 Å². The van der Waals surface area contributed by atoms with E-state index in [9.17, 15) is 0 Å². The lowest BCUT2D eigenvalue weighted by molar-refractivity contribution is -0.0601. The zero-order chi connectivity index (χ0) is 9.30. The van der Waals surface area contributed by atoms with Crippen LogP contribution in [0.5, 0.6) is 0 Å². The van der Waals surface area contributed by atoms with Crippen LogP contribution in [0.2, 0.25) is 0 Å². The van der Waals surface area contributed by atoms with Crippen molar-refractivity contribution in [2.45, 2.75) is 30.1 Å². The first-order valence-corrected chi connectivity index (χ1v) is 4.62. The normalized spacial score (nSPS) is 49.2.